The van der Waals surface area contributed by atoms with Gasteiger partial charge in [-0.25, -0.2) is 9.97 Å². The van der Waals surface area contributed by atoms with Gasteiger partial charge < -0.3 is 0 Å². The van der Waals surface area contributed by atoms with Gasteiger partial charge in [-0.1, -0.05) is 121 Å². The van der Waals surface area contributed by atoms with Gasteiger partial charge >= 0.3 is 0 Å². The van der Waals surface area contributed by atoms with Gasteiger partial charge in [0, 0.05) is 44.3 Å². The molecule has 6 nitrogen and oxygen atoms in total. The van der Waals surface area contributed by atoms with Gasteiger partial charge in [0.2, 0.25) is 0 Å². The zero-order valence-corrected chi connectivity index (χ0v) is 36.7. The summed E-state index contributed by atoms with van der Waals surface area (Å²) in [6, 6.07) is 70.8. The van der Waals surface area contributed by atoms with Crippen LogP contribution in [0.4, 0.5) is 0 Å². The predicted molar refractivity (Wildman–Crippen MR) is 262 cm³/mol. The summed E-state index contributed by atoms with van der Waals surface area (Å²) in [5.74, 6) is 0. The Balaban J connectivity index is 0.000000151. The topological polar surface area (TPSA) is 77.3 Å². The van der Waals surface area contributed by atoms with Gasteiger partial charge in [-0.15, -0.1) is 0 Å². The van der Waals surface area contributed by atoms with Crippen molar-refractivity contribution in [3.63, 3.8) is 0 Å². The predicted octanol–water partition coefficient (Wildman–Crippen LogP) is 14.4. The molecule has 12 rings (SSSR count). The number of nitrogens with zero attached hydrogens (tertiary/aromatic N) is 6. The summed E-state index contributed by atoms with van der Waals surface area (Å²) in [7, 11) is 0. The third kappa shape index (κ3) is 8.29. The Morgan fingerprint density at radius 2 is 0.538 bits per heavy atom. The van der Waals surface area contributed by atoms with Crippen LogP contribution in [-0.2, 0) is 19.5 Å². The molecule has 308 valence electrons. The van der Waals surface area contributed by atoms with Crippen molar-refractivity contribution in [2.75, 3.05) is 0 Å². The van der Waals surface area contributed by atoms with Crippen LogP contribution in [0.2, 0.25) is 0 Å². The van der Waals surface area contributed by atoms with Crippen LogP contribution in [-0.4, -0.2) is 29.9 Å². The maximum Gasteiger partial charge on any atom is 0.0894 e. The molecule has 0 saturated carbocycles. The van der Waals surface area contributed by atoms with Crippen molar-refractivity contribution >= 4 is 43.1 Å². The molecule has 0 amide bonds. The molecule has 7 heteroatoms. The van der Waals surface area contributed by atoms with Gasteiger partial charge in [-0.05, 0) is 150 Å². The van der Waals surface area contributed by atoms with Crippen molar-refractivity contribution in [1.29, 1.82) is 0 Å². The first-order chi connectivity index (χ1) is 31.7. The Hall–Kier alpha value is -8.12. The van der Waals surface area contributed by atoms with Crippen LogP contribution in [0, 0.1) is 0 Å². The molecule has 65 heavy (non-hydrogen) atoms. The largest absolute Gasteiger partial charge is 0.255 e. The van der Waals surface area contributed by atoms with E-state index in [4.69, 9.17) is 9.97 Å². The van der Waals surface area contributed by atoms with E-state index in [0.717, 1.165) is 56.7 Å². The van der Waals surface area contributed by atoms with Crippen molar-refractivity contribution in [2.45, 2.75) is 0 Å². The Kier molecular flexibility index (Phi) is 11.5. The molecule has 0 saturated heterocycles. The van der Waals surface area contributed by atoms with Crippen molar-refractivity contribution in [1.82, 2.24) is 29.9 Å². The quantitative estimate of drug-likeness (QED) is 0.122. The number of hydrogen-bond acceptors (Lipinski definition) is 6. The molecule has 0 unspecified atom stereocenters. The third-order valence-corrected chi connectivity index (χ3v) is 11.5. The van der Waals surface area contributed by atoms with Crippen molar-refractivity contribution in [3.8, 4) is 67.8 Å². The number of hydrogen-bond donors (Lipinski definition) is 0. The summed E-state index contributed by atoms with van der Waals surface area (Å²) in [5.41, 5.74) is 11.5. The zero-order valence-electron chi connectivity index (χ0n) is 35.0. The Bertz CT molecular complexity index is 3290. The van der Waals surface area contributed by atoms with Crippen molar-refractivity contribution in [2.24, 2.45) is 0 Å². The van der Waals surface area contributed by atoms with Gasteiger partial charge in [0.15, 0.2) is 0 Å². The standard InChI is InChI=1S/2C29H19N3.Ru/c2*1-3-10-23-20(8-1)18-21-9-2-4-11-24(21)29(23)22-15-17-31-28(19-22)27-14-7-13-26(32-27)25-12-5-6-16-30-25;/h2*1-19H;. The van der Waals surface area contributed by atoms with Crippen molar-refractivity contribution < 1.29 is 19.5 Å². The van der Waals surface area contributed by atoms with Gasteiger partial charge in [-0.2, -0.15) is 0 Å². The second-order valence-electron chi connectivity index (χ2n) is 15.5. The molecule has 6 aromatic carbocycles. The van der Waals surface area contributed by atoms with E-state index < -0.39 is 0 Å². The SMILES string of the molecule is [Ru].c1ccc(-c2cccc(-c3cc(-c4c5ccccc5cc5ccccc45)ccn3)n2)nc1.c1ccc(-c2cccc(-c3cc(-c4c5ccccc5cc5ccccc45)ccn3)n2)nc1. The molecule has 0 atom stereocenters. The second kappa shape index (κ2) is 18.3. The fourth-order valence-electron chi connectivity index (χ4n) is 8.57. The van der Waals surface area contributed by atoms with Crippen LogP contribution in [0.5, 0.6) is 0 Å². The fourth-order valence-corrected chi connectivity index (χ4v) is 8.57. The van der Waals surface area contributed by atoms with E-state index in [1.54, 1.807) is 12.4 Å². The van der Waals surface area contributed by atoms with Crippen LogP contribution in [0.3, 0.4) is 0 Å². The average Bonchev–Trinajstić information content (AvgIpc) is 3.38. The van der Waals surface area contributed by atoms with E-state index in [1.165, 1.54) is 54.2 Å². The number of pyridine rings is 6. The first-order valence-corrected chi connectivity index (χ1v) is 21.2. The summed E-state index contributed by atoms with van der Waals surface area (Å²) >= 11 is 0. The Morgan fingerprint density at radius 3 is 0.892 bits per heavy atom. The van der Waals surface area contributed by atoms with E-state index >= 15 is 0 Å². The molecule has 0 bridgehead atoms. The second-order valence-corrected chi connectivity index (χ2v) is 15.5. The van der Waals surface area contributed by atoms with Gasteiger partial charge in [0.1, 0.15) is 0 Å². The molecule has 0 radical (unpaired) electrons. The number of benzene rings is 6. The first-order valence-electron chi connectivity index (χ1n) is 21.2. The molecule has 0 fully saturated rings. The minimum absolute atomic E-state index is 0. The normalized spacial score (nSPS) is 11.0. The molecule has 0 N–H and O–H groups in total. The summed E-state index contributed by atoms with van der Waals surface area (Å²) in [5, 5.41) is 9.86. The van der Waals surface area contributed by atoms with E-state index in [-0.39, 0.29) is 19.5 Å². The molecular formula is C58H38N6Ru. The summed E-state index contributed by atoms with van der Waals surface area (Å²) in [6.07, 6.45) is 7.31. The molecule has 0 aliphatic rings. The summed E-state index contributed by atoms with van der Waals surface area (Å²) in [6.45, 7) is 0. The average molecular weight is 920 g/mol. The molecule has 12 aromatic rings. The maximum absolute atomic E-state index is 4.85. The molecule has 0 aliphatic carbocycles. The van der Waals surface area contributed by atoms with Crippen LogP contribution < -0.4 is 0 Å². The molecule has 0 spiro atoms. The number of rotatable bonds is 6. The minimum Gasteiger partial charge on any atom is -0.255 e. The van der Waals surface area contributed by atoms with Crippen LogP contribution in [0.15, 0.2) is 231 Å². The smallest absolute Gasteiger partial charge is 0.0894 e. The molecule has 6 heterocycles. The maximum atomic E-state index is 4.85. The van der Waals surface area contributed by atoms with E-state index in [0.29, 0.717) is 0 Å². The first kappa shape index (κ1) is 40.9. The van der Waals surface area contributed by atoms with Crippen LogP contribution >= 0.6 is 0 Å². The van der Waals surface area contributed by atoms with E-state index in [1.807, 2.05) is 85.2 Å². The minimum atomic E-state index is 0. The van der Waals surface area contributed by atoms with Gasteiger partial charge in [0.05, 0.1) is 45.6 Å². The van der Waals surface area contributed by atoms with Crippen molar-refractivity contribution in [3.05, 3.63) is 231 Å². The summed E-state index contributed by atoms with van der Waals surface area (Å²) < 4.78 is 0. The van der Waals surface area contributed by atoms with Gasteiger partial charge in [-0.3, -0.25) is 19.9 Å². The Morgan fingerprint density at radius 1 is 0.231 bits per heavy atom. The number of aromatic nitrogens is 6. The fraction of sp³-hybridized carbons (Fsp3) is 0. The van der Waals surface area contributed by atoms with Crippen LogP contribution in [0.25, 0.3) is 111 Å². The van der Waals surface area contributed by atoms with Crippen LogP contribution in [0.1, 0.15) is 0 Å². The monoisotopic (exact) mass is 920 g/mol. The molecule has 0 aliphatic heterocycles. The Labute approximate surface area is 389 Å². The van der Waals surface area contributed by atoms with E-state index in [9.17, 15) is 0 Å². The zero-order chi connectivity index (χ0) is 42.7. The molecular weight excluding hydrogens is 882 g/mol. The number of fused-ring (bicyclic) bond motifs is 4. The van der Waals surface area contributed by atoms with Gasteiger partial charge in [0.25, 0.3) is 0 Å². The molecule has 6 aromatic heterocycles. The summed E-state index contributed by atoms with van der Waals surface area (Å²) in [4.78, 5) is 27.9. The third-order valence-electron chi connectivity index (χ3n) is 11.5. The van der Waals surface area contributed by atoms with E-state index in [2.05, 4.69) is 153 Å².